The summed E-state index contributed by atoms with van der Waals surface area (Å²) in [6.45, 7) is 2.05. The molecule has 4 heteroatoms. The fourth-order valence-corrected chi connectivity index (χ4v) is 2.29. The molecule has 2 nitrogen and oxygen atoms in total. The van der Waals surface area contributed by atoms with Crippen molar-refractivity contribution in [1.82, 2.24) is 0 Å². The summed E-state index contributed by atoms with van der Waals surface area (Å²) in [4.78, 5) is 0. The van der Waals surface area contributed by atoms with Crippen molar-refractivity contribution in [1.29, 1.82) is 5.26 Å². The number of hydrogen-bond donors (Lipinski definition) is 1. The maximum Gasteiger partial charge on any atom is 0.100 e. The Hall–Kier alpha value is -1.31. The van der Waals surface area contributed by atoms with Gasteiger partial charge in [0, 0.05) is 20.3 Å². The van der Waals surface area contributed by atoms with Crippen LogP contribution < -0.4 is 5.32 Å². The second-order valence-electron chi connectivity index (χ2n) is 3.90. The normalized spacial score (nSPS) is 9.89. The van der Waals surface area contributed by atoms with E-state index in [-0.39, 0.29) is 0 Å². The molecule has 0 fully saturated rings. The number of nitrogens with zero attached hydrogens (tertiary/aromatic N) is 1. The molecule has 0 bridgehead atoms. The van der Waals surface area contributed by atoms with Gasteiger partial charge in [-0.15, -0.1) is 0 Å². The van der Waals surface area contributed by atoms with Gasteiger partial charge in [0.25, 0.3) is 0 Å². The highest BCUT2D eigenvalue weighted by molar-refractivity contribution is 9.10. The second-order valence-corrected chi connectivity index (χ2v) is 5.60. The Morgan fingerprint density at radius 1 is 1.00 bits per heavy atom. The number of rotatable bonds is 2. The van der Waals surface area contributed by atoms with Gasteiger partial charge in [0.15, 0.2) is 0 Å². The van der Waals surface area contributed by atoms with E-state index in [2.05, 4.69) is 49.3 Å². The second kappa shape index (κ2) is 5.55. The number of aryl methyl sites for hydroxylation is 1. The minimum absolute atomic E-state index is 0.632. The van der Waals surface area contributed by atoms with E-state index in [1.165, 1.54) is 5.56 Å². The predicted octanol–water partition coefficient (Wildman–Crippen LogP) is 5.14. The van der Waals surface area contributed by atoms with Crippen LogP contribution in [0.25, 0.3) is 0 Å². The molecule has 0 saturated heterocycles. The van der Waals surface area contributed by atoms with Gasteiger partial charge in [-0.2, -0.15) is 5.26 Å². The number of halogens is 2. The Morgan fingerprint density at radius 3 is 2.28 bits per heavy atom. The standard InChI is InChI=1S/C14H10Br2N2/c1-9-6-11(4-5-13(9)15)18-12-3-2-10(8-17)14(16)7-12/h2-7,18H,1H3. The Morgan fingerprint density at radius 2 is 1.67 bits per heavy atom. The number of hydrogen-bond acceptors (Lipinski definition) is 2. The fraction of sp³-hybridized carbons (Fsp3) is 0.0714. The summed E-state index contributed by atoms with van der Waals surface area (Å²) < 4.78 is 1.89. The smallest absolute Gasteiger partial charge is 0.100 e. The molecule has 0 saturated carbocycles. The molecule has 1 N–H and O–H groups in total. The summed E-state index contributed by atoms with van der Waals surface area (Å²) in [5, 5.41) is 12.2. The van der Waals surface area contributed by atoms with Gasteiger partial charge in [-0.25, -0.2) is 0 Å². The van der Waals surface area contributed by atoms with Crippen molar-refractivity contribution in [3.8, 4) is 6.07 Å². The Balaban J connectivity index is 2.26. The first-order chi connectivity index (χ1) is 8.60. The summed E-state index contributed by atoms with van der Waals surface area (Å²) in [5.74, 6) is 0. The molecule has 0 unspecified atom stereocenters. The Kier molecular flexibility index (Phi) is 4.05. The monoisotopic (exact) mass is 364 g/mol. The van der Waals surface area contributed by atoms with Crippen LogP contribution in [0.3, 0.4) is 0 Å². The molecule has 90 valence electrons. The third-order valence-corrected chi connectivity index (χ3v) is 4.08. The average molecular weight is 366 g/mol. The van der Waals surface area contributed by atoms with Crippen molar-refractivity contribution >= 4 is 43.2 Å². The molecule has 0 aliphatic rings. The zero-order chi connectivity index (χ0) is 13.1. The van der Waals surface area contributed by atoms with Crippen LogP contribution in [0.4, 0.5) is 11.4 Å². The van der Waals surface area contributed by atoms with Crippen LogP contribution in [0, 0.1) is 18.3 Å². The van der Waals surface area contributed by atoms with Crippen LogP contribution in [0.1, 0.15) is 11.1 Å². The molecule has 0 atom stereocenters. The lowest BCUT2D eigenvalue weighted by molar-refractivity contribution is 1.41. The van der Waals surface area contributed by atoms with Crippen molar-refractivity contribution in [3.63, 3.8) is 0 Å². The summed E-state index contributed by atoms with van der Waals surface area (Å²) in [5.41, 5.74) is 3.77. The van der Waals surface area contributed by atoms with Gasteiger partial charge in [0.05, 0.1) is 5.56 Å². The minimum atomic E-state index is 0.632. The van der Waals surface area contributed by atoms with Gasteiger partial charge in [0.1, 0.15) is 6.07 Å². The van der Waals surface area contributed by atoms with E-state index in [4.69, 9.17) is 5.26 Å². The lowest BCUT2D eigenvalue weighted by Crippen LogP contribution is -1.91. The lowest BCUT2D eigenvalue weighted by Gasteiger charge is -2.09. The minimum Gasteiger partial charge on any atom is -0.355 e. The summed E-state index contributed by atoms with van der Waals surface area (Å²) >= 11 is 6.85. The molecule has 0 amide bonds. The third-order valence-electron chi connectivity index (χ3n) is 2.54. The van der Waals surface area contributed by atoms with Crippen LogP contribution in [0.5, 0.6) is 0 Å². The van der Waals surface area contributed by atoms with E-state index in [0.29, 0.717) is 5.56 Å². The van der Waals surface area contributed by atoms with E-state index in [1.807, 2.05) is 31.2 Å². The van der Waals surface area contributed by atoms with Crippen molar-refractivity contribution in [2.45, 2.75) is 6.92 Å². The topological polar surface area (TPSA) is 35.8 Å². The SMILES string of the molecule is Cc1cc(Nc2ccc(C#N)c(Br)c2)ccc1Br. The lowest BCUT2D eigenvalue weighted by atomic mass is 10.2. The van der Waals surface area contributed by atoms with Crippen molar-refractivity contribution in [3.05, 3.63) is 56.5 Å². The highest BCUT2D eigenvalue weighted by Gasteiger charge is 2.02. The predicted molar refractivity (Wildman–Crippen MR) is 81.0 cm³/mol. The van der Waals surface area contributed by atoms with Gasteiger partial charge in [0.2, 0.25) is 0 Å². The van der Waals surface area contributed by atoms with Crippen molar-refractivity contribution < 1.29 is 0 Å². The molecule has 0 radical (unpaired) electrons. The average Bonchev–Trinajstić information content (AvgIpc) is 2.34. The van der Waals surface area contributed by atoms with Gasteiger partial charge < -0.3 is 5.32 Å². The van der Waals surface area contributed by atoms with E-state index in [0.717, 1.165) is 20.3 Å². The van der Waals surface area contributed by atoms with E-state index in [9.17, 15) is 0 Å². The Bertz CT molecular complexity index is 630. The van der Waals surface area contributed by atoms with Crippen molar-refractivity contribution in [2.24, 2.45) is 0 Å². The van der Waals surface area contributed by atoms with Gasteiger partial charge in [-0.3, -0.25) is 0 Å². The highest BCUT2D eigenvalue weighted by Crippen LogP contribution is 2.26. The molecule has 0 heterocycles. The number of nitriles is 1. The summed E-state index contributed by atoms with van der Waals surface area (Å²) in [6, 6.07) is 13.8. The molecule has 0 spiro atoms. The van der Waals surface area contributed by atoms with E-state index < -0.39 is 0 Å². The van der Waals surface area contributed by atoms with Crippen LogP contribution in [0.2, 0.25) is 0 Å². The molecule has 0 aliphatic carbocycles. The molecule has 2 rings (SSSR count). The van der Waals surface area contributed by atoms with E-state index in [1.54, 1.807) is 6.07 Å². The summed E-state index contributed by atoms with van der Waals surface area (Å²) in [6.07, 6.45) is 0. The molecule has 0 aromatic heterocycles. The largest absolute Gasteiger partial charge is 0.355 e. The quantitative estimate of drug-likeness (QED) is 0.800. The molecular formula is C14H10Br2N2. The first-order valence-corrected chi connectivity index (χ1v) is 6.91. The van der Waals surface area contributed by atoms with Crippen LogP contribution >= 0.6 is 31.9 Å². The zero-order valence-corrected chi connectivity index (χ0v) is 12.8. The number of anilines is 2. The first kappa shape index (κ1) is 13.1. The van der Waals surface area contributed by atoms with E-state index >= 15 is 0 Å². The maximum atomic E-state index is 8.86. The first-order valence-electron chi connectivity index (χ1n) is 5.33. The molecule has 2 aromatic carbocycles. The molecule has 0 aliphatic heterocycles. The number of benzene rings is 2. The zero-order valence-electron chi connectivity index (χ0n) is 9.67. The molecule has 18 heavy (non-hydrogen) atoms. The fourth-order valence-electron chi connectivity index (χ4n) is 1.57. The van der Waals surface area contributed by atoms with Crippen molar-refractivity contribution in [2.75, 3.05) is 5.32 Å². The van der Waals surface area contributed by atoms with Gasteiger partial charge in [-0.1, -0.05) is 15.9 Å². The van der Waals surface area contributed by atoms with Crippen LogP contribution in [-0.2, 0) is 0 Å². The highest BCUT2D eigenvalue weighted by atomic mass is 79.9. The molecule has 2 aromatic rings. The summed E-state index contributed by atoms with van der Waals surface area (Å²) in [7, 11) is 0. The van der Waals surface area contributed by atoms with Crippen LogP contribution in [0.15, 0.2) is 45.3 Å². The maximum absolute atomic E-state index is 8.86. The van der Waals surface area contributed by atoms with Gasteiger partial charge in [-0.05, 0) is 64.8 Å². The van der Waals surface area contributed by atoms with Gasteiger partial charge >= 0.3 is 0 Å². The van der Waals surface area contributed by atoms with Crippen LogP contribution in [-0.4, -0.2) is 0 Å². The Labute approximate surface area is 123 Å². The third kappa shape index (κ3) is 2.92. The molecular weight excluding hydrogens is 356 g/mol. The number of nitrogens with one attached hydrogen (secondary N) is 1.